The lowest BCUT2D eigenvalue weighted by atomic mass is 10.0. The minimum absolute atomic E-state index is 0.0621. The highest BCUT2D eigenvalue weighted by Crippen LogP contribution is 2.08. The Morgan fingerprint density at radius 1 is 0.968 bits per heavy atom. The van der Waals surface area contributed by atoms with Gasteiger partial charge < -0.3 is 36.6 Å². The molecule has 1 heterocycles. The van der Waals surface area contributed by atoms with Crippen LogP contribution in [0.2, 0.25) is 0 Å². The van der Waals surface area contributed by atoms with E-state index in [1.165, 1.54) is 6.92 Å². The molecule has 1 fully saturated rings. The summed E-state index contributed by atoms with van der Waals surface area (Å²) in [5.41, 5.74) is 0. The zero-order valence-electron chi connectivity index (χ0n) is 17.9. The van der Waals surface area contributed by atoms with Crippen molar-refractivity contribution in [2.24, 2.45) is 5.92 Å². The molecule has 1 aliphatic rings. The van der Waals surface area contributed by atoms with Gasteiger partial charge in [-0.25, -0.2) is 4.79 Å². The van der Waals surface area contributed by atoms with E-state index in [2.05, 4.69) is 21.3 Å². The Balaban J connectivity index is 2.89. The lowest BCUT2D eigenvalue weighted by molar-refractivity contribution is -0.144. The van der Waals surface area contributed by atoms with E-state index in [9.17, 15) is 34.2 Å². The highest BCUT2D eigenvalue weighted by atomic mass is 16.4. The quantitative estimate of drug-likeness (QED) is 0.181. The first-order chi connectivity index (χ1) is 14.4. The molecule has 12 heteroatoms. The Bertz CT molecular complexity index is 676. The summed E-state index contributed by atoms with van der Waals surface area (Å²) in [6.45, 7) is 5.43. The summed E-state index contributed by atoms with van der Waals surface area (Å²) >= 11 is 0. The number of carboxylic acids is 2. The zero-order chi connectivity index (χ0) is 23.7. The first-order valence-electron chi connectivity index (χ1n) is 10.2. The van der Waals surface area contributed by atoms with Crippen molar-refractivity contribution in [3.63, 3.8) is 0 Å². The Morgan fingerprint density at radius 2 is 1.58 bits per heavy atom. The number of hydrogen-bond donors (Lipinski definition) is 7. The smallest absolute Gasteiger partial charge is 0.326 e. The molecule has 0 unspecified atom stereocenters. The minimum atomic E-state index is -1.60. The molecule has 3 amide bonds. The number of nitrogens with one attached hydrogen (secondary N) is 4. The van der Waals surface area contributed by atoms with Crippen LogP contribution < -0.4 is 21.3 Å². The number of aliphatic hydroxyl groups is 1. The van der Waals surface area contributed by atoms with Crippen LogP contribution in [-0.4, -0.2) is 81.8 Å². The molecule has 0 aliphatic carbocycles. The SMILES string of the molecule is CC(C)C[C@H](NC(=O)[C@H](CC(=O)O)NC(=O)[C@@H](NC(=O)[C@@H]1CCCN1)[C@@H](C)O)C(=O)O. The molecule has 176 valence electrons. The van der Waals surface area contributed by atoms with E-state index in [-0.39, 0.29) is 12.3 Å². The Kier molecular flexibility index (Phi) is 10.4. The van der Waals surface area contributed by atoms with Crippen molar-refractivity contribution in [1.29, 1.82) is 0 Å². The largest absolute Gasteiger partial charge is 0.481 e. The molecule has 0 spiro atoms. The van der Waals surface area contributed by atoms with Crippen LogP contribution in [0.25, 0.3) is 0 Å². The number of aliphatic hydroxyl groups excluding tert-OH is 1. The molecule has 31 heavy (non-hydrogen) atoms. The molecule has 0 aromatic rings. The molecular formula is C19H32N4O8. The van der Waals surface area contributed by atoms with Gasteiger partial charge in [0.05, 0.1) is 18.6 Å². The van der Waals surface area contributed by atoms with Gasteiger partial charge >= 0.3 is 11.9 Å². The Labute approximate surface area is 180 Å². The molecule has 7 N–H and O–H groups in total. The van der Waals surface area contributed by atoms with Gasteiger partial charge in [-0.1, -0.05) is 13.8 Å². The number of carbonyl (C=O) groups is 5. The van der Waals surface area contributed by atoms with Gasteiger partial charge in [-0.2, -0.15) is 0 Å². The second-order valence-corrected chi connectivity index (χ2v) is 8.06. The topological polar surface area (TPSA) is 194 Å². The predicted octanol–water partition coefficient (Wildman–Crippen LogP) is -1.82. The summed E-state index contributed by atoms with van der Waals surface area (Å²) in [4.78, 5) is 60.0. The second-order valence-electron chi connectivity index (χ2n) is 8.06. The van der Waals surface area contributed by atoms with E-state index in [0.717, 1.165) is 6.42 Å². The fourth-order valence-electron chi connectivity index (χ4n) is 3.18. The van der Waals surface area contributed by atoms with Crippen LogP contribution in [0, 0.1) is 5.92 Å². The van der Waals surface area contributed by atoms with Crippen LogP contribution in [0.3, 0.4) is 0 Å². The summed E-state index contributed by atoms with van der Waals surface area (Å²) in [7, 11) is 0. The maximum Gasteiger partial charge on any atom is 0.326 e. The number of aliphatic carboxylic acids is 2. The van der Waals surface area contributed by atoms with Gasteiger partial charge in [0, 0.05) is 0 Å². The van der Waals surface area contributed by atoms with E-state index in [1.807, 2.05) is 0 Å². The van der Waals surface area contributed by atoms with Crippen LogP contribution in [0.5, 0.6) is 0 Å². The molecular weight excluding hydrogens is 412 g/mol. The van der Waals surface area contributed by atoms with E-state index in [0.29, 0.717) is 13.0 Å². The first kappa shape index (κ1) is 26.3. The van der Waals surface area contributed by atoms with Crippen LogP contribution in [-0.2, 0) is 24.0 Å². The molecule has 0 aromatic heterocycles. The van der Waals surface area contributed by atoms with E-state index in [4.69, 9.17) is 5.11 Å². The molecule has 1 aliphatic heterocycles. The van der Waals surface area contributed by atoms with Crippen molar-refractivity contribution in [3.05, 3.63) is 0 Å². The zero-order valence-corrected chi connectivity index (χ0v) is 17.9. The highest BCUT2D eigenvalue weighted by Gasteiger charge is 2.34. The number of carbonyl (C=O) groups excluding carboxylic acids is 3. The maximum atomic E-state index is 12.6. The van der Waals surface area contributed by atoms with Crippen LogP contribution in [0.1, 0.15) is 46.5 Å². The number of hydrogen-bond acceptors (Lipinski definition) is 7. The van der Waals surface area contributed by atoms with Gasteiger partial charge in [0.1, 0.15) is 18.1 Å². The third-order valence-electron chi connectivity index (χ3n) is 4.77. The van der Waals surface area contributed by atoms with Gasteiger partial charge in [0.25, 0.3) is 0 Å². The monoisotopic (exact) mass is 444 g/mol. The number of rotatable bonds is 12. The number of carboxylic acid groups (broad SMARTS) is 2. The van der Waals surface area contributed by atoms with Gasteiger partial charge in [-0.05, 0) is 38.6 Å². The summed E-state index contributed by atoms with van der Waals surface area (Å²) in [6.07, 6.45) is -0.681. The van der Waals surface area contributed by atoms with E-state index < -0.39 is 66.4 Å². The summed E-state index contributed by atoms with van der Waals surface area (Å²) in [5.74, 6) is -5.20. The molecule has 1 saturated heterocycles. The fraction of sp³-hybridized carbons (Fsp3) is 0.737. The average Bonchev–Trinajstić information content (AvgIpc) is 3.18. The predicted molar refractivity (Wildman–Crippen MR) is 108 cm³/mol. The van der Waals surface area contributed by atoms with Crippen molar-refractivity contribution in [2.75, 3.05) is 6.54 Å². The van der Waals surface area contributed by atoms with Crippen molar-refractivity contribution >= 4 is 29.7 Å². The third-order valence-corrected chi connectivity index (χ3v) is 4.77. The first-order valence-corrected chi connectivity index (χ1v) is 10.2. The lowest BCUT2D eigenvalue weighted by Crippen LogP contribution is -2.60. The molecule has 0 aromatic carbocycles. The summed E-state index contributed by atoms with van der Waals surface area (Å²) < 4.78 is 0. The van der Waals surface area contributed by atoms with Gasteiger partial charge in [0.15, 0.2) is 0 Å². The van der Waals surface area contributed by atoms with Crippen molar-refractivity contribution < 1.29 is 39.3 Å². The van der Waals surface area contributed by atoms with E-state index in [1.54, 1.807) is 13.8 Å². The summed E-state index contributed by atoms with van der Waals surface area (Å²) in [5, 5.41) is 38.1. The maximum absolute atomic E-state index is 12.6. The van der Waals surface area contributed by atoms with Crippen LogP contribution in [0.4, 0.5) is 0 Å². The Hall–Kier alpha value is -2.73. The summed E-state index contributed by atoms with van der Waals surface area (Å²) in [6, 6.07) is -4.80. The molecule has 12 nitrogen and oxygen atoms in total. The lowest BCUT2D eigenvalue weighted by Gasteiger charge is -2.26. The fourth-order valence-corrected chi connectivity index (χ4v) is 3.18. The molecule has 5 atom stereocenters. The minimum Gasteiger partial charge on any atom is -0.481 e. The standard InChI is InChI=1S/C19H32N4O8/c1-9(2)7-13(19(30)31)22-17(28)12(8-14(25)26)21-18(29)15(10(3)24)23-16(27)11-5-4-6-20-11/h9-13,15,20,24H,4-8H2,1-3H3,(H,21,29)(H,22,28)(H,23,27)(H,25,26)(H,30,31)/t10-,11+,12+,13+,15+/m1/s1. The van der Waals surface area contributed by atoms with Gasteiger partial charge in [-0.15, -0.1) is 0 Å². The van der Waals surface area contributed by atoms with Crippen molar-refractivity contribution in [3.8, 4) is 0 Å². The Morgan fingerprint density at radius 3 is 2.03 bits per heavy atom. The van der Waals surface area contributed by atoms with Gasteiger partial charge in [0.2, 0.25) is 17.7 Å². The van der Waals surface area contributed by atoms with Crippen LogP contribution >= 0.6 is 0 Å². The normalized spacial score (nSPS) is 19.7. The number of amides is 3. The molecule has 0 radical (unpaired) electrons. The van der Waals surface area contributed by atoms with Crippen LogP contribution in [0.15, 0.2) is 0 Å². The second kappa shape index (κ2) is 12.2. The third kappa shape index (κ3) is 8.89. The molecule has 0 saturated carbocycles. The van der Waals surface area contributed by atoms with Gasteiger partial charge in [-0.3, -0.25) is 19.2 Å². The molecule has 0 bridgehead atoms. The molecule has 1 rings (SSSR count). The van der Waals surface area contributed by atoms with E-state index >= 15 is 0 Å². The van der Waals surface area contributed by atoms with Crippen molar-refractivity contribution in [2.45, 2.75) is 76.7 Å². The van der Waals surface area contributed by atoms with Crippen molar-refractivity contribution in [1.82, 2.24) is 21.3 Å². The average molecular weight is 444 g/mol. The highest BCUT2D eigenvalue weighted by molar-refractivity contribution is 5.95.